The van der Waals surface area contributed by atoms with Crippen molar-refractivity contribution in [2.75, 3.05) is 30.4 Å². The third kappa shape index (κ3) is 2.92. The van der Waals surface area contributed by atoms with E-state index in [-0.39, 0.29) is 37.2 Å². The zero-order valence-electron chi connectivity index (χ0n) is 11.9. The number of aliphatic hydroxyl groups excluding tert-OH is 1. The number of aromatic nitrogens is 2. The van der Waals surface area contributed by atoms with E-state index in [0.717, 1.165) is 12.8 Å². The molecule has 2 heterocycles. The molecule has 0 aliphatic carbocycles. The first-order valence-electron chi connectivity index (χ1n) is 6.91. The Morgan fingerprint density at radius 1 is 1.67 bits per heavy atom. The molecule has 2 rings (SSSR count). The zero-order chi connectivity index (χ0) is 15.4. The third-order valence-corrected chi connectivity index (χ3v) is 3.53. The van der Waals surface area contributed by atoms with E-state index in [2.05, 4.69) is 5.10 Å². The number of aliphatic hydroxyl groups is 1. The second-order valence-electron chi connectivity index (χ2n) is 4.83. The predicted molar refractivity (Wildman–Crippen MR) is 75.4 cm³/mol. The lowest BCUT2D eigenvalue weighted by Gasteiger charge is -2.22. The smallest absolute Gasteiger partial charge is 0.327 e. The quantitative estimate of drug-likeness (QED) is 0.725. The highest BCUT2D eigenvalue weighted by Crippen LogP contribution is 2.30. The van der Waals surface area contributed by atoms with Crippen LogP contribution >= 0.6 is 0 Å². The Labute approximate surface area is 122 Å². The predicted octanol–water partition coefficient (Wildman–Crippen LogP) is -0.139. The Bertz CT molecular complexity index is 563. The molecule has 8 nitrogen and oxygen atoms in total. The number of ether oxygens (including phenoxy) is 1. The minimum Gasteiger partial charge on any atom is -0.465 e. The van der Waals surface area contributed by atoms with Crippen LogP contribution in [-0.2, 0) is 16.1 Å². The maximum Gasteiger partial charge on any atom is 0.327 e. The van der Waals surface area contributed by atoms with Gasteiger partial charge in [-0.05, 0) is 19.8 Å². The van der Waals surface area contributed by atoms with E-state index in [4.69, 9.17) is 10.5 Å². The van der Waals surface area contributed by atoms with Crippen LogP contribution in [0.25, 0.3) is 0 Å². The summed E-state index contributed by atoms with van der Waals surface area (Å²) in [6.07, 6.45) is 1.76. The molecule has 114 valence electrons. The van der Waals surface area contributed by atoms with Crippen LogP contribution in [-0.4, -0.2) is 46.7 Å². The van der Waals surface area contributed by atoms with E-state index in [9.17, 15) is 15.2 Å². The van der Waals surface area contributed by atoms with Crippen LogP contribution in [0, 0.1) is 11.3 Å². The maximum atomic E-state index is 11.5. The molecule has 1 atom stereocenters. The van der Waals surface area contributed by atoms with Gasteiger partial charge in [0.15, 0.2) is 5.82 Å². The Kier molecular flexibility index (Phi) is 4.65. The summed E-state index contributed by atoms with van der Waals surface area (Å²) in [4.78, 5) is 13.4. The molecular formula is C13H19N5O3. The fraction of sp³-hybridized carbons (Fsp3) is 0.615. The largest absolute Gasteiger partial charge is 0.465 e. The standard InChI is InChI=1S/C13H19N5O3/c1-2-21-11(20)7-18-12(15)10(6-14)13(16-18)17-5-3-4-9(17)8-19/h9,19H,2-5,7-8,15H2,1H3. The highest BCUT2D eigenvalue weighted by Gasteiger charge is 2.30. The normalized spacial score (nSPS) is 17.8. The maximum absolute atomic E-state index is 11.5. The molecule has 3 N–H and O–H groups in total. The molecule has 0 saturated carbocycles. The highest BCUT2D eigenvalue weighted by molar-refractivity contribution is 5.72. The number of nitriles is 1. The average molecular weight is 293 g/mol. The Morgan fingerprint density at radius 3 is 3.05 bits per heavy atom. The highest BCUT2D eigenvalue weighted by atomic mass is 16.5. The van der Waals surface area contributed by atoms with E-state index < -0.39 is 5.97 Å². The molecule has 8 heteroatoms. The molecule has 1 saturated heterocycles. The molecule has 1 aromatic rings. The number of carbonyl (C=O) groups excluding carboxylic acids is 1. The number of nitrogens with zero attached hydrogens (tertiary/aromatic N) is 4. The van der Waals surface area contributed by atoms with Gasteiger partial charge in [-0.1, -0.05) is 0 Å². The van der Waals surface area contributed by atoms with Gasteiger partial charge >= 0.3 is 5.97 Å². The number of hydrogen-bond donors (Lipinski definition) is 2. The number of hydrogen-bond acceptors (Lipinski definition) is 7. The Morgan fingerprint density at radius 2 is 2.43 bits per heavy atom. The fourth-order valence-electron chi connectivity index (χ4n) is 2.52. The molecule has 1 aromatic heterocycles. The van der Waals surface area contributed by atoms with Crippen LogP contribution in [0.15, 0.2) is 0 Å². The van der Waals surface area contributed by atoms with Crippen molar-refractivity contribution >= 4 is 17.6 Å². The van der Waals surface area contributed by atoms with Crippen molar-refractivity contribution in [2.24, 2.45) is 0 Å². The third-order valence-electron chi connectivity index (χ3n) is 3.53. The van der Waals surface area contributed by atoms with Gasteiger partial charge in [0.1, 0.15) is 24.0 Å². The van der Waals surface area contributed by atoms with Crippen molar-refractivity contribution in [3.05, 3.63) is 5.56 Å². The van der Waals surface area contributed by atoms with Crippen LogP contribution in [0.5, 0.6) is 0 Å². The minimum atomic E-state index is -0.456. The van der Waals surface area contributed by atoms with E-state index in [1.807, 2.05) is 11.0 Å². The fourth-order valence-corrected chi connectivity index (χ4v) is 2.52. The van der Waals surface area contributed by atoms with E-state index in [0.29, 0.717) is 12.4 Å². The van der Waals surface area contributed by atoms with Crippen molar-refractivity contribution in [1.82, 2.24) is 9.78 Å². The van der Waals surface area contributed by atoms with E-state index >= 15 is 0 Å². The monoisotopic (exact) mass is 293 g/mol. The van der Waals surface area contributed by atoms with Crippen molar-refractivity contribution in [3.8, 4) is 6.07 Å². The summed E-state index contributed by atoms with van der Waals surface area (Å²) in [6.45, 7) is 2.56. The first-order chi connectivity index (χ1) is 10.1. The molecule has 1 fully saturated rings. The van der Waals surface area contributed by atoms with Crippen LogP contribution in [0.4, 0.5) is 11.6 Å². The lowest BCUT2D eigenvalue weighted by Crippen LogP contribution is -2.33. The van der Waals surface area contributed by atoms with Crippen molar-refractivity contribution in [3.63, 3.8) is 0 Å². The van der Waals surface area contributed by atoms with Gasteiger partial charge in [0, 0.05) is 6.54 Å². The number of esters is 1. The van der Waals surface area contributed by atoms with Gasteiger partial charge in [-0.15, -0.1) is 0 Å². The molecule has 1 aliphatic heterocycles. The van der Waals surface area contributed by atoms with Crippen LogP contribution in [0.2, 0.25) is 0 Å². The molecule has 0 bridgehead atoms. The van der Waals surface area contributed by atoms with E-state index in [1.54, 1.807) is 6.92 Å². The summed E-state index contributed by atoms with van der Waals surface area (Å²) in [5, 5.41) is 22.9. The zero-order valence-corrected chi connectivity index (χ0v) is 11.9. The number of carbonyl (C=O) groups is 1. The SMILES string of the molecule is CCOC(=O)Cn1nc(N2CCCC2CO)c(C#N)c1N. The van der Waals surface area contributed by atoms with Crippen LogP contribution in [0.3, 0.4) is 0 Å². The van der Waals surface area contributed by atoms with Gasteiger partial charge in [-0.2, -0.15) is 10.4 Å². The average Bonchev–Trinajstić information content (AvgIpc) is 3.04. The summed E-state index contributed by atoms with van der Waals surface area (Å²) >= 11 is 0. The Hall–Kier alpha value is -2.27. The molecular weight excluding hydrogens is 274 g/mol. The first kappa shape index (κ1) is 15.1. The number of rotatable bonds is 5. The van der Waals surface area contributed by atoms with Gasteiger partial charge in [0.25, 0.3) is 0 Å². The summed E-state index contributed by atoms with van der Waals surface area (Å²) in [7, 11) is 0. The minimum absolute atomic E-state index is 0.00445. The second-order valence-corrected chi connectivity index (χ2v) is 4.83. The van der Waals surface area contributed by atoms with Crippen LogP contribution < -0.4 is 10.6 Å². The summed E-state index contributed by atoms with van der Waals surface area (Å²) in [6, 6.07) is 1.96. The number of anilines is 2. The molecule has 0 spiro atoms. The second kappa shape index (κ2) is 6.45. The van der Waals surface area contributed by atoms with Crippen molar-refractivity contribution < 1.29 is 14.6 Å². The van der Waals surface area contributed by atoms with Gasteiger partial charge < -0.3 is 20.5 Å². The molecule has 0 aromatic carbocycles. The summed E-state index contributed by atoms with van der Waals surface area (Å²) in [5.74, 6) is 0.114. The summed E-state index contributed by atoms with van der Waals surface area (Å²) < 4.78 is 6.14. The van der Waals surface area contributed by atoms with Crippen molar-refractivity contribution in [1.29, 1.82) is 5.26 Å². The van der Waals surface area contributed by atoms with Gasteiger partial charge in [0.2, 0.25) is 0 Å². The van der Waals surface area contributed by atoms with Gasteiger partial charge in [-0.25, -0.2) is 4.68 Å². The molecule has 0 radical (unpaired) electrons. The van der Waals surface area contributed by atoms with Crippen molar-refractivity contribution in [2.45, 2.75) is 32.4 Å². The van der Waals surface area contributed by atoms with Gasteiger partial charge in [-0.3, -0.25) is 4.79 Å². The molecule has 1 aliphatic rings. The van der Waals surface area contributed by atoms with Gasteiger partial charge in [0.05, 0.1) is 19.3 Å². The molecule has 0 amide bonds. The molecule has 1 unspecified atom stereocenters. The Balaban J connectivity index is 2.30. The first-order valence-corrected chi connectivity index (χ1v) is 6.91. The van der Waals surface area contributed by atoms with E-state index in [1.165, 1.54) is 4.68 Å². The number of nitrogen functional groups attached to an aromatic ring is 1. The number of nitrogens with two attached hydrogens (primary N) is 1. The van der Waals surface area contributed by atoms with Crippen LogP contribution in [0.1, 0.15) is 25.3 Å². The molecule has 21 heavy (non-hydrogen) atoms. The topological polar surface area (TPSA) is 117 Å². The lowest BCUT2D eigenvalue weighted by atomic mass is 10.2. The summed E-state index contributed by atoms with van der Waals surface area (Å²) in [5.41, 5.74) is 6.13. The lowest BCUT2D eigenvalue weighted by molar-refractivity contribution is -0.143.